The van der Waals surface area contributed by atoms with Crippen molar-refractivity contribution >= 4 is 33.9 Å². The molecule has 1 saturated carbocycles. The Bertz CT molecular complexity index is 952. The summed E-state index contributed by atoms with van der Waals surface area (Å²) in [5.41, 5.74) is 0.392. The van der Waals surface area contributed by atoms with Crippen LogP contribution in [0, 0.1) is 17.2 Å². The molecule has 1 N–H and O–H groups in total. The summed E-state index contributed by atoms with van der Waals surface area (Å²) in [6, 6.07) is 5.76. The maximum Gasteiger partial charge on any atom is 0.411 e. The number of fused-ring (bicyclic) bond motifs is 2. The summed E-state index contributed by atoms with van der Waals surface area (Å²) < 4.78 is 10.9. The van der Waals surface area contributed by atoms with Crippen molar-refractivity contribution in [3.63, 3.8) is 0 Å². The van der Waals surface area contributed by atoms with E-state index in [4.69, 9.17) is 9.47 Å². The predicted molar refractivity (Wildman–Crippen MR) is 120 cm³/mol. The molecule has 1 saturated heterocycles. The van der Waals surface area contributed by atoms with E-state index in [2.05, 4.69) is 27.3 Å². The van der Waals surface area contributed by atoms with Crippen LogP contribution < -0.4 is 5.32 Å². The topological polar surface area (TPSA) is 109 Å². The molecule has 1 aromatic carbocycles. The van der Waals surface area contributed by atoms with Gasteiger partial charge in [0.15, 0.2) is 0 Å². The van der Waals surface area contributed by atoms with Crippen LogP contribution in [0.4, 0.5) is 4.79 Å². The molecular formula is C23H28BrN3O5. The Labute approximate surface area is 196 Å². The summed E-state index contributed by atoms with van der Waals surface area (Å²) in [4.78, 5) is 39.4. The van der Waals surface area contributed by atoms with E-state index in [1.165, 1.54) is 7.11 Å². The van der Waals surface area contributed by atoms with Crippen LogP contribution in [-0.4, -0.2) is 53.7 Å². The number of nitrogens with one attached hydrogen (secondary N) is 1. The van der Waals surface area contributed by atoms with Gasteiger partial charge in [-0.05, 0) is 79.6 Å². The van der Waals surface area contributed by atoms with Crippen molar-refractivity contribution in [2.75, 3.05) is 7.11 Å². The van der Waals surface area contributed by atoms with E-state index in [0.717, 1.165) is 19.3 Å². The zero-order valence-electron chi connectivity index (χ0n) is 18.7. The molecule has 1 aliphatic heterocycles. The molecule has 9 heteroatoms. The van der Waals surface area contributed by atoms with E-state index in [1.807, 2.05) is 0 Å². The predicted octanol–water partition coefficient (Wildman–Crippen LogP) is 3.57. The van der Waals surface area contributed by atoms with Crippen molar-refractivity contribution < 1.29 is 23.9 Å². The maximum absolute atomic E-state index is 13.2. The zero-order chi connectivity index (χ0) is 23.6. The smallest absolute Gasteiger partial charge is 0.411 e. The van der Waals surface area contributed by atoms with Crippen LogP contribution in [0.2, 0.25) is 0 Å². The number of hydrogen-bond donors (Lipinski definition) is 1. The van der Waals surface area contributed by atoms with Gasteiger partial charge in [0.25, 0.3) is 0 Å². The standard InChI is InChI=1S/C23H28BrN3O5/c1-23(2,3)32-22(30)27-16-7-6-14(11-16)19(27)20(28)26-15(12-25)9-13-5-8-18(24)17(10-13)21(29)31-4/h5,8,10,14-16,19H,6-7,9,11H2,1-4H3,(H,26,28). The highest BCUT2D eigenvalue weighted by molar-refractivity contribution is 9.10. The third-order valence-electron chi connectivity index (χ3n) is 5.81. The van der Waals surface area contributed by atoms with Gasteiger partial charge in [0, 0.05) is 16.9 Å². The summed E-state index contributed by atoms with van der Waals surface area (Å²) in [5.74, 6) is -0.781. The Morgan fingerprint density at radius 1 is 1.31 bits per heavy atom. The summed E-state index contributed by atoms with van der Waals surface area (Å²) in [7, 11) is 1.30. The largest absolute Gasteiger partial charge is 0.465 e. The van der Waals surface area contributed by atoms with Crippen LogP contribution >= 0.6 is 15.9 Å². The quantitative estimate of drug-likeness (QED) is 0.612. The minimum atomic E-state index is -0.811. The lowest BCUT2D eigenvalue weighted by atomic mass is 9.97. The molecular weight excluding hydrogens is 478 g/mol. The van der Waals surface area contributed by atoms with Crippen LogP contribution in [0.1, 0.15) is 56.0 Å². The second-order valence-corrected chi connectivity index (χ2v) is 10.1. The van der Waals surface area contributed by atoms with Gasteiger partial charge < -0.3 is 14.8 Å². The lowest BCUT2D eigenvalue weighted by Crippen LogP contribution is -2.55. The van der Waals surface area contributed by atoms with Gasteiger partial charge >= 0.3 is 12.1 Å². The highest BCUT2D eigenvalue weighted by Gasteiger charge is 2.52. The highest BCUT2D eigenvalue weighted by Crippen LogP contribution is 2.43. The lowest BCUT2D eigenvalue weighted by molar-refractivity contribution is -0.128. The molecule has 32 heavy (non-hydrogen) atoms. The molecule has 1 heterocycles. The fourth-order valence-corrected chi connectivity index (χ4v) is 4.90. The minimum Gasteiger partial charge on any atom is -0.465 e. The number of likely N-dealkylation sites (tertiary alicyclic amines) is 1. The number of esters is 1. The highest BCUT2D eigenvalue weighted by atomic mass is 79.9. The number of carbonyl (C=O) groups is 3. The van der Waals surface area contributed by atoms with E-state index in [1.54, 1.807) is 43.9 Å². The number of carbonyl (C=O) groups excluding carboxylic acids is 3. The number of nitrogens with zero attached hydrogens (tertiary/aromatic N) is 2. The zero-order valence-corrected chi connectivity index (χ0v) is 20.3. The molecule has 2 aliphatic rings. The Morgan fingerprint density at radius 3 is 2.66 bits per heavy atom. The molecule has 8 nitrogen and oxygen atoms in total. The van der Waals surface area contributed by atoms with Gasteiger partial charge in [-0.2, -0.15) is 5.26 Å². The summed E-state index contributed by atoms with van der Waals surface area (Å²) in [5, 5.41) is 12.4. The number of rotatable bonds is 5. The lowest BCUT2D eigenvalue weighted by Gasteiger charge is -2.35. The van der Waals surface area contributed by atoms with Crippen LogP contribution in [0.25, 0.3) is 0 Å². The number of methoxy groups -OCH3 is 1. The number of hydrogen-bond acceptors (Lipinski definition) is 6. The minimum absolute atomic E-state index is 0.0137. The summed E-state index contributed by atoms with van der Waals surface area (Å²) >= 11 is 3.31. The average molecular weight is 506 g/mol. The Kier molecular flexibility index (Phi) is 7.13. The fourth-order valence-electron chi connectivity index (χ4n) is 4.49. The Hall–Kier alpha value is -2.60. The Morgan fingerprint density at radius 2 is 2.03 bits per heavy atom. The molecule has 4 unspecified atom stereocenters. The molecule has 0 aromatic heterocycles. The molecule has 4 atom stereocenters. The van der Waals surface area contributed by atoms with Gasteiger partial charge in [0.1, 0.15) is 17.7 Å². The summed E-state index contributed by atoms with van der Waals surface area (Å²) in [6.07, 6.45) is 2.21. The normalized spacial score (nSPS) is 22.8. The van der Waals surface area contributed by atoms with Gasteiger partial charge in [-0.1, -0.05) is 6.07 Å². The van der Waals surface area contributed by atoms with Crippen molar-refractivity contribution in [2.24, 2.45) is 5.92 Å². The molecule has 1 aromatic rings. The number of ether oxygens (including phenoxy) is 2. The molecule has 2 amide bonds. The van der Waals surface area contributed by atoms with Gasteiger partial charge in [0.2, 0.25) is 5.91 Å². The van der Waals surface area contributed by atoms with Gasteiger partial charge in [-0.3, -0.25) is 9.69 Å². The van der Waals surface area contributed by atoms with Crippen LogP contribution in [0.5, 0.6) is 0 Å². The molecule has 3 rings (SSSR count). The first-order valence-corrected chi connectivity index (χ1v) is 11.4. The number of nitriles is 1. The summed E-state index contributed by atoms with van der Waals surface area (Å²) in [6.45, 7) is 5.38. The van der Waals surface area contributed by atoms with Crippen molar-refractivity contribution in [2.45, 2.75) is 70.2 Å². The van der Waals surface area contributed by atoms with E-state index in [-0.39, 0.29) is 24.3 Å². The molecule has 1 aliphatic carbocycles. The first kappa shape index (κ1) is 24.1. The number of benzene rings is 1. The Balaban J connectivity index is 1.72. The molecule has 0 radical (unpaired) electrons. The van der Waals surface area contributed by atoms with E-state index >= 15 is 0 Å². The number of halogens is 1. The third-order valence-corrected chi connectivity index (χ3v) is 6.50. The molecule has 172 valence electrons. The van der Waals surface area contributed by atoms with E-state index < -0.39 is 29.7 Å². The van der Waals surface area contributed by atoms with E-state index in [9.17, 15) is 19.6 Å². The monoisotopic (exact) mass is 505 g/mol. The number of amides is 2. The second-order valence-electron chi connectivity index (χ2n) is 9.26. The SMILES string of the molecule is COC(=O)c1cc(CC(C#N)NC(=O)C2C3CCC(C3)N2C(=O)OC(C)(C)C)ccc1Br. The molecule has 2 bridgehead atoms. The molecule has 0 spiro atoms. The number of piperidine rings is 1. The van der Waals surface area contributed by atoms with Crippen LogP contribution in [0.15, 0.2) is 22.7 Å². The van der Waals surface area contributed by atoms with Crippen molar-refractivity contribution in [1.29, 1.82) is 5.26 Å². The first-order valence-electron chi connectivity index (χ1n) is 10.6. The maximum atomic E-state index is 13.2. The van der Waals surface area contributed by atoms with Crippen molar-refractivity contribution in [3.05, 3.63) is 33.8 Å². The van der Waals surface area contributed by atoms with Crippen LogP contribution in [0.3, 0.4) is 0 Å². The average Bonchev–Trinajstić information content (AvgIpc) is 3.34. The van der Waals surface area contributed by atoms with Gasteiger partial charge in [0.05, 0.1) is 18.7 Å². The van der Waals surface area contributed by atoms with Gasteiger partial charge in [-0.15, -0.1) is 0 Å². The fraction of sp³-hybridized carbons (Fsp3) is 0.565. The first-order chi connectivity index (χ1) is 15.0. The van der Waals surface area contributed by atoms with Crippen molar-refractivity contribution in [1.82, 2.24) is 10.2 Å². The van der Waals surface area contributed by atoms with Crippen LogP contribution in [-0.2, 0) is 20.7 Å². The van der Waals surface area contributed by atoms with Crippen molar-refractivity contribution in [3.8, 4) is 6.07 Å². The second kappa shape index (κ2) is 9.49. The molecule has 2 fully saturated rings. The van der Waals surface area contributed by atoms with Gasteiger partial charge in [-0.25, -0.2) is 9.59 Å². The van der Waals surface area contributed by atoms with E-state index in [0.29, 0.717) is 15.6 Å². The third kappa shape index (κ3) is 5.23.